The number of pyridine rings is 1. The Balaban J connectivity index is 1.27. The van der Waals surface area contributed by atoms with Crippen LogP contribution >= 0.6 is 0 Å². The largest absolute Gasteiger partial charge is 0.377 e. The van der Waals surface area contributed by atoms with Gasteiger partial charge >= 0.3 is 0 Å². The van der Waals surface area contributed by atoms with Gasteiger partial charge in [0.05, 0.1) is 0 Å². The molecule has 4 aromatic rings. The number of nitrogens with zero attached hydrogens (tertiary/aromatic N) is 3. The van der Waals surface area contributed by atoms with E-state index in [9.17, 15) is 9.59 Å². The van der Waals surface area contributed by atoms with E-state index in [1.54, 1.807) is 24.7 Å². The number of rotatable bonds is 8. The van der Waals surface area contributed by atoms with Crippen molar-refractivity contribution in [3.05, 3.63) is 81.5 Å². The van der Waals surface area contributed by atoms with Crippen molar-refractivity contribution < 1.29 is 0 Å². The van der Waals surface area contributed by atoms with Gasteiger partial charge in [-0.1, -0.05) is 31.4 Å². The fraction of sp³-hybridized carbons (Fsp3) is 0.296. The first kappa shape index (κ1) is 22.7. The molecule has 178 valence electrons. The molecule has 0 aliphatic heterocycles. The van der Waals surface area contributed by atoms with Crippen LogP contribution in [0.2, 0.25) is 0 Å². The van der Waals surface area contributed by atoms with Crippen molar-refractivity contribution in [3.63, 3.8) is 0 Å². The first-order valence-electron chi connectivity index (χ1n) is 12.1. The van der Waals surface area contributed by atoms with Gasteiger partial charge in [-0.05, 0) is 67.1 Å². The smallest absolute Gasteiger partial charge is 0.253 e. The molecule has 8 heteroatoms. The number of hydrogen-bond acceptors (Lipinski definition) is 8. The Kier molecular flexibility index (Phi) is 6.52. The summed E-state index contributed by atoms with van der Waals surface area (Å²) in [7, 11) is 0. The molecule has 8 nitrogen and oxygen atoms in total. The zero-order valence-electron chi connectivity index (χ0n) is 19.6. The summed E-state index contributed by atoms with van der Waals surface area (Å²) in [5.74, 6) is 1.34. The normalized spacial score (nSPS) is 15.0. The van der Waals surface area contributed by atoms with Crippen LogP contribution in [0.4, 0.5) is 28.8 Å². The van der Waals surface area contributed by atoms with Gasteiger partial charge in [0.15, 0.2) is 0 Å². The van der Waals surface area contributed by atoms with E-state index < -0.39 is 10.9 Å². The van der Waals surface area contributed by atoms with Gasteiger partial charge in [0.25, 0.3) is 10.9 Å². The second-order valence-corrected chi connectivity index (χ2v) is 9.07. The van der Waals surface area contributed by atoms with Gasteiger partial charge in [-0.15, -0.1) is 0 Å². The van der Waals surface area contributed by atoms with Crippen LogP contribution in [0, 0.1) is 5.92 Å². The third-order valence-electron chi connectivity index (χ3n) is 6.70. The number of hydrogen-bond donors (Lipinski definition) is 3. The Labute approximate surface area is 203 Å². The lowest BCUT2D eigenvalue weighted by Gasteiger charge is -2.29. The van der Waals surface area contributed by atoms with Crippen molar-refractivity contribution in [2.75, 3.05) is 16.0 Å². The van der Waals surface area contributed by atoms with E-state index in [0.717, 1.165) is 29.7 Å². The molecule has 1 fully saturated rings. The maximum absolute atomic E-state index is 12.3. The lowest BCUT2D eigenvalue weighted by atomic mass is 9.84. The summed E-state index contributed by atoms with van der Waals surface area (Å²) in [6.07, 6.45) is 11.1. The van der Waals surface area contributed by atoms with E-state index in [4.69, 9.17) is 0 Å². The third kappa shape index (κ3) is 5.06. The molecule has 5 rings (SSSR count). The maximum atomic E-state index is 12.3. The first-order valence-corrected chi connectivity index (χ1v) is 12.1. The minimum Gasteiger partial charge on any atom is -0.377 e. The van der Waals surface area contributed by atoms with Crippen LogP contribution in [0.15, 0.2) is 70.6 Å². The van der Waals surface area contributed by atoms with Gasteiger partial charge in [-0.3, -0.25) is 14.6 Å². The zero-order chi connectivity index (χ0) is 24.2. The average molecular weight is 469 g/mol. The molecule has 35 heavy (non-hydrogen) atoms. The van der Waals surface area contributed by atoms with Crippen molar-refractivity contribution in [3.8, 4) is 11.1 Å². The molecule has 3 N–H and O–H groups in total. The monoisotopic (exact) mass is 468 g/mol. The predicted molar refractivity (Wildman–Crippen MR) is 139 cm³/mol. The van der Waals surface area contributed by atoms with Crippen molar-refractivity contribution in [2.45, 2.75) is 45.1 Å². The number of anilines is 5. The predicted octanol–water partition coefficient (Wildman–Crippen LogP) is 5.00. The molecular formula is C27H28N6O2. The molecule has 2 heterocycles. The van der Waals surface area contributed by atoms with Gasteiger partial charge in [0.2, 0.25) is 5.95 Å². The van der Waals surface area contributed by atoms with Gasteiger partial charge in [-0.25, -0.2) is 4.98 Å². The van der Waals surface area contributed by atoms with Gasteiger partial charge in [0.1, 0.15) is 17.2 Å². The van der Waals surface area contributed by atoms with Crippen LogP contribution in [0.1, 0.15) is 39.0 Å². The standard InChI is InChI=1S/C27H28N6O2/c1-17(18-5-3-2-4-6-18)30-23-24(26(35)25(23)34)32-22-13-16-29-27(33-22)31-21-9-7-19(8-10-21)20-11-14-28-15-12-20/h7-18,30H,2-6H2,1H3,(H2,29,31,32,33)/t17-/m0/s1. The highest BCUT2D eigenvalue weighted by Crippen LogP contribution is 2.29. The summed E-state index contributed by atoms with van der Waals surface area (Å²) in [5, 5.41) is 9.50. The van der Waals surface area contributed by atoms with Crippen molar-refractivity contribution in [2.24, 2.45) is 5.92 Å². The Bertz CT molecular complexity index is 1360. The molecule has 2 aromatic heterocycles. The molecule has 0 bridgehead atoms. The Morgan fingerprint density at radius 3 is 2.23 bits per heavy atom. The molecular weight excluding hydrogens is 440 g/mol. The minimum atomic E-state index is -0.525. The van der Waals surface area contributed by atoms with Crippen LogP contribution in [0.25, 0.3) is 11.1 Å². The lowest BCUT2D eigenvalue weighted by molar-refractivity contribution is 0.328. The quantitative estimate of drug-likeness (QED) is 0.310. The van der Waals surface area contributed by atoms with Gasteiger partial charge in [0, 0.05) is 30.3 Å². The van der Waals surface area contributed by atoms with E-state index in [1.165, 1.54) is 19.3 Å². The van der Waals surface area contributed by atoms with E-state index in [2.05, 4.69) is 37.8 Å². The molecule has 0 spiro atoms. The highest BCUT2D eigenvalue weighted by molar-refractivity contribution is 5.78. The number of benzene rings is 1. The molecule has 0 saturated heterocycles. The van der Waals surface area contributed by atoms with E-state index in [0.29, 0.717) is 23.4 Å². The molecule has 2 aromatic carbocycles. The van der Waals surface area contributed by atoms with Crippen molar-refractivity contribution in [1.29, 1.82) is 0 Å². The molecule has 0 amide bonds. The average Bonchev–Trinajstić information content (AvgIpc) is 2.92. The van der Waals surface area contributed by atoms with Gasteiger partial charge in [-0.2, -0.15) is 4.98 Å². The fourth-order valence-electron chi connectivity index (χ4n) is 4.66. The summed E-state index contributed by atoms with van der Waals surface area (Å²) >= 11 is 0. The van der Waals surface area contributed by atoms with Crippen LogP contribution in [0.5, 0.6) is 0 Å². The SMILES string of the molecule is C[C@H](Nc1c(Nc2ccnc(Nc3ccc(-c4ccncc4)cc3)n2)c(=O)c1=O)C1CCCCC1. The topological polar surface area (TPSA) is 109 Å². The van der Waals surface area contributed by atoms with E-state index >= 15 is 0 Å². The summed E-state index contributed by atoms with van der Waals surface area (Å²) in [5.41, 5.74) is 2.62. The van der Waals surface area contributed by atoms with Crippen LogP contribution in [-0.2, 0) is 0 Å². The minimum absolute atomic E-state index is 0.136. The first-order chi connectivity index (χ1) is 17.1. The van der Waals surface area contributed by atoms with Crippen LogP contribution in [0.3, 0.4) is 0 Å². The van der Waals surface area contributed by atoms with Crippen LogP contribution in [-0.4, -0.2) is 21.0 Å². The third-order valence-corrected chi connectivity index (χ3v) is 6.70. The summed E-state index contributed by atoms with van der Waals surface area (Å²) in [6, 6.07) is 13.6. The van der Waals surface area contributed by atoms with E-state index in [-0.39, 0.29) is 11.7 Å². The Hall–Kier alpha value is -4.07. The maximum Gasteiger partial charge on any atom is 0.253 e. The molecule has 1 aliphatic rings. The van der Waals surface area contributed by atoms with Gasteiger partial charge < -0.3 is 16.0 Å². The van der Waals surface area contributed by atoms with Crippen molar-refractivity contribution in [1.82, 2.24) is 15.0 Å². The molecule has 1 atom stereocenters. The molecule has 1 aliphatic carbocycles. The molecule has 0 unspecified atom stereocenters. The van der Waals surface area contributed by atoms with Crippen LogP contribution < -0.4 is 26.8 Å². The number of nitrogens with one attached hydrogen (secondary N) is 3. The van der Waals surface area contributed by atoms with Crippen molar-refractivity contribution >= 4 is 28.8 Å². The summed E-state index contributed by atoms with van der Waals surface area (Å²) in [6.45, 7) is 2.09. The second-order valence-electron chi connectivity index (χ2n) is 9.07. The summed E-state index contributed by atoms with van der Waals surface area (Å²) in [4.78, 5) is 37.3. The second kappa shape index (κ2) is 10.0. The molecule has 0 radical (unpaired) electrons. The number of aromatic nitrogens is 3. The lowest BCUT2D eigenvalue weighted by Crippen LogP contribution is -2.40. The summed E-state index contributed by atoms with van der Waals surface area (Å²) < 4.78 is 0. The fourth-order valence-corrected chi connectivity index (χ4v) is 4.66. The van der Waals surface area contributed by atoms with E-state index in [1.807, 2.05) is 36.4 Å². The Morgan fingerprint density at radius 1 is 0.800 bits per heavy atom. The highest BCUT2D eigenvalue weighted by atomic mass is 16.2. The zero-order valence-corrected chi connectivity index (χ0v) is 19.6. The molecule has 1 saturated carbocycles. The Morgan fingerprint density at radius 2 is 1.49 bits per heavy atom. The highest BCUT2D eigenvalue weighted by Gasteiger charge is 2.26.